The van der Waals surface area contributed by atoms with Crippen molar-refractivity contribution in [1.82, 2.24) is 10.2 Å². The van der Waals surface area contributed by atoms with Gasteiger partial charge >= 0.3 is 0 Å². The number of hydrogen-bond donors (Lipinski definition) is 2. The van der Waals surface area contributed by atoms with E-state index >= 15 is 0 Å². The zero-order valence-corrected chi connectivity index (χ0v) is 11.6. The van der Waals surface area contributed by atoms with E-state index in [9.17, 15) is 5.11 Å². The Hall–Kier alpha value is -0.160. The predicted octanol–water partition coefficient (Wildman–Crippen LogP) is 0.702. The molecule has 4 nitrogen and oxygen atoms in total. The lowest BCUT2D eigenvalue weighted by atomic mass is 10.2. The minimum absolute atomic E-state index is 0.273. The van der Waals surface area contributed by atoms with E-state index in [1.54, 1.807) is 0 Å². The topological polar surface area (TPSA) is 44.7 Å². The van der Waals surface area contributed by atoms with Crippen molar-refractivity contribution in [1.29, 1.82) is 0 Å². The van der Waals surface area contributed by atoms with Gasteiger partial charge in [0.2, 0.25) is 0 Å². The Labute approximate surface area is 105 Å². The van der Waals surface area contributed by atoms with Crippen LogP contribution in [0, 0.1) is 5.92 Å². The predicted molar refractivity (Wildman–Crippen MR) is 70.2 cm³/mol. The molecular formula is C13H28N2O2. The van der Waals surface area contributed by atoms with Gasteiger partial charge in [-0.05, 0) is 26.3 Å². The van der Waals surface area contributed by atoms with Crippen LogP contribution in [0.1, 0.15) is 27.7 Å². The van der Waals surface area contributed by atoms with Crippen LogP contribution in [0.25, 0.3) is 0 Å². The largest absolute Gasteiger partial charge is 0.390 e. The highest BCUT2D eigenvalue weighted by Crippen LogP contribution is 2.10. The fraction of sp³-hybridized carbons (Fsp3) is 1.00. The van der Waals surface area contributed by atoms with Crippen molar-refractivity contribution in [3.63, 3.8) is 0 Å². The first-order chi connectivity index (χ1) is 7.97. The third-order valence-corrected chi connectivity index (χ3v) is 2.90. The zero-order valence-electron chi connectivity index (χ0n) is 11.6. The molecule has 3 atom stereocenters. The summed E-state index contributed by atoms with van der Waals surface area (Å²) in [5.41, 5.74) is 0. The number of aliphatic hydroxyl groups excluding tert-OH is 1. The molecule has 102 valence electrons. The van der Waals surface area contributed by atoms with Crippen LogP contribution in [0.5, 0.6) is 0 Å². The normalized spacial score (nSPS) is 28.6. The highest BCUT2D eigenvalue weighted by molar-refractivity contribution is 4.76. The van der Waals surface area contributed by atoms with Crippen molar-refractivity contribution in [3.05, 3.63) is 0 Å². The molecule has 0 aromatic carbocycles. The summed E-state index contributed by atoms with van der Waals surface area (Å²) in [7, 11) is 0. The lowest BCUT2D eigenvalue weighted by Gasteiger charge is -2.36. The van der Waals surface area contributed by atoms with Gasteiger partial charge in [-0.25, -0.2) is 0 Å². The number of β-amino-alcohol motifs (C(OH)–C–C–N with tert-alkyl or cyclic N) is 1. The van der Waals surface area contributed by atoms with Gasteiger partial charge in [-0.1, -0.05) is 13.8 Å². The highest BCUT2D eigenvalue weighted by atomic mass is 16.5. The van der Waals surface area contributed by atoms with E-state index in [-0.39, 0.29) is 18.3 Å². The molecule has 4 heteroatoms. The quantitative estimate of drug-likeness (QED) is 0.722. The van der Waals surface area contributed by atoms with Crippen LogP contribution in [0.3, 0.4) is 0 Å². The highest BCUT2D eigenvalue weighted by Gasteiger charge is 2.23. The van der Waals surface area contributed by atoms with Gasteiger partial charge in [-0.2, -0.15) is 0 Å². The Kier molecular flexibility index (Phi) is 6.41. The first-order valence-corrected chi connectivity index (χ1v) is 6.74. The van der Waals surface area contributed by atoms with Crippen molar-refractivity contribution >= 4 is 0 Å². The minimum atomic E-state index is -0.286. The van der Waals surface area contributed by atoms with E-state index in [0.717, 1.165) is 26.2 Å². The second-order valence-electron chi connectivity index (χ2n) is 5.68. The van der Waals surface area contributed by atoms with Gasteiger partial charge in [0.25, 0.3) is 0 Å². The molecule has 1 saturated heterocycles. The molecule has 1 rings (SSSR count). The van der Waals surface area contributed by atoms with E-state index in [0.29, 0.717) is 12.5 Å². The Balaban J connectivity index is 2.18. The molecule has 0 bridgehead atoms. The molecule has 2 N–H and O–H groups in total. The second-order valence-corrected chi connectivity index (χ2v) is 5.68. The first-order valence-electron chi connectivity index (χ1n) is 6.74. The van der Waals surface area contributed by atoms with Crippen LogP contribution in [0.2, 0.25) is 0 Å². The van der Waals surface area contributed by atoms with Crippen LogP contribution in [-0.4, -0.2) is 61.0 Å². The summed E-state index contributed by atoms with van der Waals surface area (Å²) in [4.78, 5) is 2.29. The molecule has 1 fully saturated rings. The first kappa shape index (κ1) is 14.9. The number of nitrogens with one attached hydrogen (secondary N) is 1. The van der Waals surface area contributed by atoms with Gasteiger partial charge in [-0.15, -0.1) is 0 Å². The van der Waals surface area contributed by atoms with Crippen LogP contribution in [0.4, 0.5) is 0 Å². The van der Waals surface area contributed by atoms with Gasteiger partial charge in [0.15, 0.2) is 0 Å². The maximum absolute atomic E-state index is 9.94. The molecule has 0 aromatic heterocycles. The monoisotopic (exact) mass is 244 g/mol. The number of nitrogens with zero attached hydrogens (tertiary/aromatic N) is 1. The molecule has 1 aliphatic rings. The molecule has 0 amide bonds. The summed E-state index contributed by atoms with van der Waals surface area (Å²) < 4.78 is 5.67. The summed E-state index contributed by atoms with van der Waals surface area (Å²) >= 11 is 0. The molecule has 1 heterocycles. The number of hydrogen-bond acceptors (Lipinski definition) is 4. The molecule has 3 unspecified atom stereocenters. The molecule has 0 aliphatic carbocycles. The number of ether oxygens (including phenoxy) is 1. The van der Waals surface area contributed by atoms with Crippen molar-refractivity contribution < 1.29 is 9.84 Å². The lowest BCUT2D eigenvalue weighted by molar-refractivity contribution is -0.0762. The molecule has 1 aliphatic heterocycles. The number of morpholine rings is 1. The van der Waals surface area contributed by atoms with Crippen molar-refractivity contribution in [3.8, 4) is 0 Å². The van der Waals surface area contributed by atoms with E-state index in [2.05, 4.69) is 37.9 Å². The number of rotatable bonds is 6. The Morgan fingerprint density at radius 2 is 1.82 bits per heavy atom. The van der Waals surface area contributed by atoms with E-state index in [1.807, 2.05) is 0 Å². The Bertz CT molecular complexity index is 202. The summed E-state index contributed by atoms with van der Waals surface area (Å²) in [6, 6.07) is 0. The molecule has 0 spiro atoms. The smallest absolute Gasteiger partial charge is 0.0791 e. The third kappa shape index (κ3) is 6.36. The molecule has 0 radical (unpaired) electrons. The van der Waals surface area contributed by atoms with Gasteiger partial charge in [0.1, 0.15) is 0 Å². The van der Waals surface area contributed by atoms with Crippen LogP contribution >= 0.6 is 0 Å². The van der Waals surface area contributed by atoms with E-state index in [4.69, 9.17) is 4.74 Å². The van der Waals surface area contributed by atoms with Crippen molar-refractivity contribution in [2.75, 3.05) is 32.7 Å². The fourth-order valence-electron chi connectivity index (χ4n) is 2.33. The van der Waals surface area contributed by atoms with E-state index < -0.39 is 0 Å². The maximum atomic E-state index is 9.94. The summed E-state index contributed by atoms with van der Waals surface area (Å²) in [6.45, 7) is 12.7. The van der Waals surface area contributed by atoms with Gasteiger partial charge in [-0.3, -0.25) is 4.90 Å². The molecule has 0 saturated carbocycles. The van der Waals surface area contributed by atoms with Crippen molar-refractivity contribution in [2.45, 2.75) is 46.0 Å². The van der Waals surface area contributed by atoms with E-state index in [1.165, 1.54) is 0 Å². The second kappa shape index (κ2) is 7.31. The van der Waals surface area contributed by atoms with Gasteiger partial charge in [0, 0.05) is 26.2 Å². The van der Waals surface area contributed by atoms with Gasteiger partial charge in [0.05, 0.1) is 18.3 Å². The van der Waals surface area contributed by atoms with Crippen LogP contribution in [-0.2, 0) is 4.74 Å². The average Bonchev–Trinajstić information content (AvgIpc) is 2.14. The standard InChI is InChI=1S/C13H28N2O2/c1-10(2)5-14-6-13(16)9-15-7-11(3)17-12(4)8-15/h10-14,16H,5-9H2,1-4H3. The molecular weight excluding hydrogens is 216 g/mol. The molecule has 0 aromatic rings. The SMILES string of the molecule is CC(C)CNCC(O)CN1CC(C)OC(C)C1. The summed E-state index contributed by atoms with van der Waals surface area (Å²) in [5.74, 6) is 0.630. The fourth-order valence-corrected chi connectivity index (χ4v) is 2.33. The average molecular weight is 244 g/mol. The van der Waals surface area contributed by atoms with Crippen LogP contribution in [0.15, 0.2) is 0 Å². The Morgan fingerprint density at radius 3 is 2.35 bits per heavy atom. The summed E-state index contributed by atoms with van der Waals surface area (Å²) in [6.07, 6.45) is 0.260. The van der Waals surface area contributed by atoms with Crippen molar-refractivity contribution in [2.24, 2.45) is 5.92 Å². The Morgan fingerprint density at radius 1 is 1.24 bits per heavy atom. The molecule has 17 heavy (non-hydrogen) atoms. The zero-order chi connectivity index (χ0) is 12.8. The van der Waals surface area contributed by atoms with Crippen LogP contribution < -0.4 is 5.32 Å². The maximum Gasteiger partial charge on any atom is 0.0791 e. The minimum Gasteiger partial charge on any atom is -0.390 e. The summed E-state index contributed by atoms with van der Waals surface area (Å²) in [5, 5.41) is 13.2. The van der Waals surface area contributed by atoms with Gasteiger partial charge < -0.3 is 15.2 Å². The third-order valence-electron chi connectivity index (χ3n) is 2.90. The lowest BCUT2D eigenvalue weighted by Crippen LogP contribution is -2.49. The number of aliphatic hydroxyl groups is 1.